The number of carbonyl (C=O) groups excluding carboxylic acids is 1. The Bertz CT molecular complexity index is 450. The van der Waals surface area contributed by atoms with Gasteiger partial charge in [-0.15, -0.1) is 0 Å². The van der Waals surface area contributed by atoms with Crippen LogP contribution < -0.4 is 14.8 Å². The number of benzene rings is 1. The van der Waals surface area contributed by atoms with Crippen molar-refractivity contribution in [1.29, 1.82) is 0 Å². The molecule has 0 fully saturated rings. The molecule has 1 aromatic rings. The molecule has 0 saturated heterocycles. The van der Waals surface area contributed by atoms with Gasteiger partial charge in [0, 0.05) is 6.54 Å². The summed E-state index contributed by atoms with van der Waals surface area (Å²) in [5.74, 6) is -0.402. The number of nitrogens with one attached hydrogen (secondary N) is 2. The van der Waals surface area contributed by atoms with Gasteiger partial charge in [-0.1, -0.05) is 12.1 Å². The zero-order chi connectivity index (χ0) is 15.9. The summed E-state index contributed by atoms with van der Waals surface area (Å²) < 4.78 is 43.2. The summed E-state index contributed by atoms with van der Waals surface area (Å²) >= 11 is 0.306. The van der Waals surface area contributed by atoms with Gasteiger partial charge < -0.3 is 10.1 Å². The van der Waals surface area contributed by atoms with Crippen molar-refractivity contribution in [2.75, 3.05) is 5.75 Å². The van der Waals surface area contributed by atoms with Crippen LogP contribution in [0.4, 0.5) is 18.0 Å². The monoisotopic (exact) mass is 322 g/mol. The fourth-order valence-electron chi connectivity index (χ4n) is 1.36. The minimum atomic E-state index is -4.30. The molecule has 2 N–H and O–H groups in total. The van der Waals surface area contributed by atoms with Crippen molar-refractivity contribution in [2.45, 2.75) is 32.7 Å². The molecule has 0 aliphatic heterocycles. The van der Waals surface area contributed by atoms with Crippen molar-refractivity contribution in [3.8, 4) is 5.75 Å². The average molecular weight is 322 g/mol. The van der Waals surface area contributed by atoms with E-state index in [1.165, 1.54) is 0 Å². The number of halogens is 3. The fraction of sp³-hybridized carbons (Fsp3) is 0.462. The summed E-state index contributed by atoms with van der Waals surface area (Å²) in [6.07, 6.45) is -4.23. The molecule has 21 heavy (non-hydrogen) atoms. The second-order valence-electron chi connectivity index (χ2n) is 4.50. The second-order valence-corrected chi connectivity index (χ2v) is 5.28. The number of urea groups is 1. The van der Waals surface area contributed by atoms with Crippen LogP contribution in [0.5, 0.6) is 5.75 Å². The van der Waals surface area contributed by atoms with Gasteiger partial charge in [0.2, 0.25) is 0 Å². The van der Waals surface area contributed by atoms with E-state index < -0.39 is 18.0 Å². The molecule has 8 heteroatoms. The summed E-state index contributed by atoms with van der Waals surface area (Å²) in [7, 11) is 0. The van der Waals surface area contributed by atoms with Crippen LogP contribution in [0, 0.1) is 0 Å². The molecule has 4 nitrogen and oxygen atoms in total. The van der Waals surface area contributed by atoms with Crippen LogP contribution in [0.3, 0.4) is 0 Å². The number of ether oxygens (including phenoxy) is 1. The van der Waals surface area contributed by atoms with Crippen LogP contribution in [0.15, 0.2) is 24.3 Å². The lowest BCUT2D eigenvalue weighted by Gasteiger charge is -2.11. The van der Waals surface area contributed by atoms with E-state index in [0.29, 0.717) is 11.9 Å². The molecular weight excluding hydrogens is 305 g/mol. The molecule has 0 unspecified atom stereocenters. The van der Waals surface area contributed by atoms with E-state index in [1.807, 2.05) is 13.8 Å². The molecule has 1 rings (SSSR count). The maximum atomic E-state index is 11.9. The topological polar surface area (TPSA) is 50.4 Å². The first-order chi connectivity index (χ1) is 9.76. The predicted octanol–water partition coefficient (Wildman–Crippen LogP) is 3.48. The summed E-state index contributed by atoms with van der Waals surface area (Å²) in [6, 6.07) is 6.44. The van der Waals surface area contributed by atoms with Gasteiger partial charge in [-0.05, 0) is 43.5 Å². The van der Waals surface area contributed by atoms with Crippen molar-refractivity contribution in [1.82, 2.24) is 10.0 Å². The number of amides is 2. The number of hydrogen-bond acceptors (Lipinski definition) is 3. The quantitative estimate of drug-likeness (QED) is 0.788. The zero-order valence-electron chi connectivity index (χ0n) is 11.7. The highest BCUT2D eigenvalue weighted by molar-refractivity contribution is 7.97. The van der Waals surface area contributed by atoms with Crippen LogP contribution in [0.25, 0.3) is 0 Å². The highest BCUT2D eigenvalue weighted by Gasteiger charge is 2.27. The number of rotatable bonds is 6. The first-order valence-electron chi connectivity index (χ1n) is 6.24. The van der Waals surface area contributed by atoms with Crippen LogP contribution in [0.2, 0.25) is 0 Å². The van der Waals surface area contributed by atoms with E-state index in [9.17, 15) is 18.0 Å². The Morgan fingerprint density at radius 3 is 2.43 bits per heavy atom. The van der Waals surface area contributed by atoms with Crippen LogP contribution in [0.1, 0.15) is 19.4 Å². The lowest BCUT2D eigenvalue weighted by atomic mass is 10.2. The van der Waals surface area contributed by atoms with Crippen molar-refractivity contribution < 1.29 is 22.7 Å². The first kappa shape index (κ1) is 17.5. The third-order valence-corrected chi connectivity index (χ3v) is 2.95. The molecule has 0 aromatic heterocycles. The summed E-state index contributed by atoms with van der Waals surface area (Å²) in [6.45, 7) is 4.05. The second kappa shape index (κ2) is 8.02. The van der Waals surface area contributed by atoms with Gasteiger partial charge in [0.25, 0.3) is 0 Å². The van der Waals surface area contributed by atoms with Gasteiger partial charge in [-0.3, -0.25) is 4.72 Å². The van der Waals surface area contributed by atoms with Crippen molar-refractivity contribution in [2.24, 2.45) is 0 Å². The molecule has 0 heterocycles. The van der Waals surface area contributed by atoms with Crippen molar-refractivity contribution >= 4 is 18.0 Å². The minimum Gasteiger partial charge on any atom is -0.491 e. The van der Waals surface area contributed by atoms with E-state index in [4.69, 9.17) is 4.74 Å². The highest BCUT2D eigenvalue weighted by Crippen LogP contribution is 2.19. The lowest BCUT2D eigenvalue weighted by molar-refractivity contribution is -0.105. The third kappa shape index (κ3) is 8.34. The average Bonchev–Trinajstić information content (AvgIpc) is 2.36. The maximum Gasteiger partial charge on any atom is 0.399 e. The van der Waals surface area contributed by atoms with E-state index in [1.54, 1.807) is 24.3 Å². The summed E-state index contributed by atoms with van der Waals surface area (Å²) in [5, 5.41) is 2.47. The Morgan fingerprint density at radius 1 is 1.29 bits per heavy atom. The molecule has 0 aliphatic rings. The van der Waals surface area contributed by atoms with Gasteiger partial charge >= 0.3 is 12.2 Å². The van der Waals surface area contributed by atoms with Gasteiger partial charge in [0.15, 0.2) is 0 Å². The summed E-state index contributed by atoms with van der Waals surface area (Å²) in [4.78, 5) is 11.3. The van der Waals surface area contributed by atoms with Crippen LogP contribution in [-0.2, 0) is 6.54 Å². The molecule has 1 aromatic carbocycles. The Kier molecular flexibility index (Phi) is 6.67. The Morgan fingerprint density at radius 2 is 1.90 bits per heavy atom. The Labute approximate surface area is 125 Å². The smallest absolute Gasteiger partial charge is 0.399 e. The fourth-order valence-corrected chi connectivity index (χ4v) is 1.80. The first-order valence-corrected chi connectivity index (χ1v) is 7.23. The van der Waals surface area contributed by atoms with E-state index in [2.05, 4.69) is 10.0 Å². The Balaban J connectivity index is 2.29. The summed E-state index contributed by atoms with van der Waals surface area (Å²) in [5.41, 5.74) is 0.821. The molecule has 0 saturated carbocycles. The number of hydrogen-bond donors (Lipinski definition) is 2. The predicted molar refractivity (Wildman–Crippen MR) is 76.1 cm³/mol. The van der Waals surface area contributed by atoms with E-state index in [-0.39, 0.29) is 12.6 Å². The molecule has 0 bridgehead atoms. The lowest BCUT2D eigenvalue weighted by Crippen LogP contribution is -2.32. The van der Waals surface area contributed by atoms with Gasteiger partial charge in [0.05, 0.1) is 6.10 Å². The Hall–Kier alpha value is -1.57. The molecule has 0 aliphatic carbocycles. The zero-order valence-corrected chi connectivity index (χ0v) is 12.5. The normalized spacial score (nSPS) is 11.3. The molecule has 0 spiro atoms. The molecule has 0 atom stereocenters. The minimum absolute atomic E-state index is 0.0745. The number of carbonyl (C=O) groups is 1. The molecular formula is C13H17F3N2O2S. The number of alkyl halides is 3. The van der Waals surface area contributed by atoms with Crippen molar-refractivity contribution in [3.05, 3.63) is 29.8 Å². The molecule has 2 amide bonds. The SMILES string of the molecule is CC(C)Oc1ccc(CNC(=O)NSCC(F)(F)F)cc1. The van der Waals surface area contributed by atoms with Crippen LogP contribution >= 0.6 is 11.9 Å². The largest absolute Gasteiger partial charge is 0.491 e. The van der Waals surface area contributed by atoms with E-state index >= 15 is 0 Å². The van der Waals surface area contributed by atoms with Crippen LogP contribution in [-0.4, -0.2) is 24.1 Å². The van der Waals surface area contributed by atoms with E-state index in [0.717, 1.165) is 11.3 Å². The third-order valence-electron chi connectivity index (χ3n) is 2.15. The van der Waals surface area contributed by atoms with Gasteiger partial charge in [0.1, 0.15) is 11.5 Å². The standard InChI is InChI=1S/C13H17F3N2O2S/c1-9(2)20-11-5-3-10(4-6-11)7-17-12(19)18-21-8-13(14,15)16/h3-6,9H,7-8H2,1-2H3,(H2,17,18,19). The molecule has 0 radical (unpaired) electrons. The molecule has 118 valence electrons. The highest BCUT2D eigenvalue weighted by atomic mass is 32.2. The van der Waals surface area contributed by atoms with Gasteiger partial charge in [-0.2, -0.15) is 13.2 Å². The van der Waals surface area contributed by atoms with Crippen molar-refractivity contribution in [3.63, 3.8) is 0 Å². The van der Waals surface area contributed by atoms with Gasteiger partial charge in [-0.25, -0.2) is 4.79 Å². The maximum absolute atomic E-state index is 11.9.